The summed E-state index contributed by atoms with van der Waals surface area (Å²) in [7, 11) is -2.34. The molecule has 0 aliphatic rings. The number of benzene rings is 2. The summed E-state index contributed by atoms with van der Waals surface area (Å²) in [4.78, 5) is 25.7. The molecule has 3 heteroatoms. The molecule has 0 aromatic heterocycles. The van der Waals surface area contributed by atoms with E-state index in [4.69, 9.17) is 0 Å². The third-order valence-corrected chi connectivity index (χ3v) is 6.95. The van der Waals surface area contributed by atoms with E-state index in [9.17, 15) is 9.59 Å². The number of hydrogen-bond acceptors (Lipinski definition) is 2. The molecule has 0 saturated heterocycles. The second-order valence-electron chi connectivity index (χ2n) is 6.26. The van der Waals surface area contributed by atoms with E-state index in [0.717, 1.165) is 0 Å². The monoisotopic (exact) mass is 296 g/mol. The molecule has 108 valence electrons. The lowest BCUT2D eigenvalue weighted by Gasteiger charge is -2.26. The summed E-state index contributed by atoms with van der Waals surface area (Å²) < 4.78 is 0. The van der Waals surface area contributed by atoms with Crippen molar-refractivity contribution in [2.45, 2.75) is 25.8 Å². The minimum Gasteiger partial charge on any atom is -0.300 e. The van der Waals surface area contributed by atoms with Gasteiger partial charge in [-0.1, -0.05) is 81.4 Å². The average molecular weight is 296 g/mol. The van der Waals surface area contributed by atoms with Crippen LogP contribution in [0.15, 0.2) is 60.7 Å². The van der Waals surface area contributed by atoms with Gasteiger partial charge in [-0.3, -0.25) is 9.59 Å². The standard InChI is InChI=1S/C18H20O2Si/c1-18(2,3)21(16(19)14-10-6-4-7-11-14)17(20)15-12-8-5-9-13-15/h4-13,21H,1-3H3. The lowest BCUT2D eigenvalue weighted by atomic mass is 10.2. The lowest BCUT2D eigenvalue weighted by molar-refractivity contribution is 0.102. The molecule has 0 fully saturated rings. The Labute approximate surface area is 127 Å². The highest BCUT2D eigenvalue weighted by Gasteiger charge is 2.40. The summed E-state index contributed by atoms with van der Waals surface area (Å²) in [6.07, 6.45) is 0. The molecule has 0 unspecified atom stereocenters. The van der Waals surface area contributed by atoms with Gasteiger partial charge in [-0.25, -0.2) is 0 Å². The molecule has 0 heterocycles. The van der Waals surface area contributed by atoms with Crippen molar-refractivity contribution >= 4 is 19.6 Å². The summed E-state index contributed by atoms with van der Waals surface area (Å²) in [5.74, 6) is 0. The predicted octanol–water partition coefficient (Wildman–Crippen LogP) is 3.86. The molecular formula is C18H20O2Si. The van der Waals surface area contributed by atoms with Gasteiger partial charge in [-0.15, -0.1) is 0 Å². The van der Waals surface area contributed by atoms with Crippen LogP contribution in [-0.4, -0.2) is 19.6 Å². The summed E-state index contributed by atoms with van der Waals surface area (Å²) in [6.45, 7) is 5.97. The smallest absolute Gasteiger partial charge is 0.211 e. The second kappa shape index (κ2) is 6.18. The van der Waals surface area contributed by atoms with Gasteiger partial charge in [0.15, 0.2) is 0 Å². The first kappa shape index (κ1) is 15.4. The number of carbonyl (C=O) groups excluding carboxylic acids is 2. The molecule has 2 aromatic rings. The Morgan fingerprint density at radius 1 is 0.714 bits per heavy atom. The molecule has 0 atom stereocenters. The van der Waals surface area contributed by atoms with E-state index in [-0.39, 0.29) is 15.9 Å². The molecule has 0 aliphatic carbocycles. The fourth-order valence-corrected chi connectivity index (χ4v) is 5.31. The van der Waals surface area contributed by atoms with Gasteiger partial charge in [0.05, 0.1) is 0 Å². The Kier molecular flexibility index (Phi) is 4.53. The van der Waals surface area contributed by atoms with Crippen LogP contribution < -0.4 is 0 Å². The highest BCUT2D eigenvalue weighted by atomic mass is 28.3. The molecule has 2 nitrogen and oxygen atoms in total. The van der Waals surface area contributed by atoms with Gasteiger partial charge < -0.3 is 0 Å². The van der Waals surface area contributed by atoms with Crippen molar-refractivity contribution in [2.24, 2.45) is 0 Å². The summed E-state index contributed by atoms with van der Waals surface area (Å²) >= 11 is 0. The van der Waals surface area contributed by atoms with E-state index in [2.05, 4.69) is 0 Å². The first-order valence-corrected chi connectivity index (χ1v) is 8.83. The zero-order valence-electron chi connectivity index (χ0n) is 12.7. The van der Waals surface area contributed by atoms with Gasteiger partial charge in [-0.2, -0.15) is 0 Å². The van der Waals surface area contributed by atoms with Gasteiger partial charge in [0.2, 0.25) is 8.80 Å². The lowest BCUT2D eigenvalue weighted by Crippen LogP contribution is -2.43. The van der Waals surface area contributed by atoms with E-state index in [0.29, 0.717) is 11.1 Å². The van der Waals surface area contributed by atoms with Crippen molar-refractivity contribution in [3.63, 3.8) is 0 Å². The molecular weight excluding hydrogens is 276 g/mol. The van der Waals surface area contributed by atoms with Gasteiger partial charge in [-0.05, 0) is 5.04 Å². The van der Waals surface area contributed by atoms with Crippen molar-refractivity contribution in [1.29, 1.82) is 0 Å². The van der Waals surface area contributed by atoms with Crippen LogP contribution in [0.3, 0.4) is 0 Å². The predicted molar refractivity (Wildman–Crippen MR) is 88.4 cm³/mol. The first-order chi connectivity index (χ1) is 9.91. The van der Waals surface area contributed by atoms with Crippen molar-refractivity contribution in [3.8, 4) is 0 Å². The summed E-state index contributed by atoms with van der Waals surface area (Å²) in [5, 5.41) is -0.242. The molecule has 0 amide bonds. The highest BCUT2D eigenvalue weighted by molar-refractivity contribution is 7.15. The molecule has 0 saturated carbocycles. The van der Waals surface area contributed by atoms with Crippen LogP contribution in [-0.2, 0) is 0 Å². The molecule has 2 rings (SSSR count). The summed E-state index contributed by atoms with van der Waals surface area (Å²) in [5.41, 5.74) is 1.29. The Bertz CT molecular complexity index is 576. The maximum Gasteiger partial charge on any atom is 0.211 e. The minimum atomic E-state index is -2.34. The average Bonchev–Trinajstić information content (AvgIpc) is 2.47. The first-order valence-electron chi connectivity index (χ1n) is 7.10. The fourth-order valence-electron chi connectivity index (χ4n) is 2.44. The zero-order chi connectivity index (χ0) is 15.5. The number of hydrogen-bond donors (Lipinski definition) is 0. The number of carbonyl (C=O) groups is 2. The van der Waals surface area contributed by atoms with E-state index >= 15 is 0 Å². The van der Waals surface area contributed by atoms with Crippen molar-refractivity contribution in [3.05, 3.63) is 71.8 Å². The quantitative estimate of drug-likeness (QED) is 0.803. The van der Waals surface area contributed by atoms with Crippen LogP contribution in [0.1, 0.15) is 41.5 Å². The van der Waals surface area contributed by atoms with Gasteiger partial charge in [0.1, 0.15) is 10.8 Å². The molecule has 0 spiro atoms. The third kappa shape index (κ3) is 3.55. The molecule has 0 bridgehead atoms. The van der Waals surface area contributed by atoms with Crippen LogP contribution in [0.25, 0.3) is 0 Å². The van der Waals surface area contributed by atoms with E-state index in [1.807, 2.05) is 57.2 Å². The van der Waals surface area contributed by atoms with Crippen molar-refractivity contribution in [2.75, 3.05) is 0 Å². The van der Waals surface area contributed by atoms with Crippen LogP contribution in [0.5, 0.6) is 0 Å². The molecule has 21 heavy (non-hydrogen) atoms. The maximum atomic E-state index is 12.8. The van der Waals surface area contributed by atoms with Crippen LogP contribution in [0.2, 0.25) is 5.04 Å². The van der Waals surface area contributed by atoms with Crippen molar-refractivity contribution < 1.29 is 9.59 Å². The molecule has 2 aromatic carbocycles. The third-order valence-electron chi connectivity index (χ3n) is 3.51. The van der Waals surface area contributed by atoms with E-state index in [1.54, 1.807) is 24.3 Å². The minimum absolute atomic E-state index is 0.0250. The second-order valence-corrected chi connectivity index (χ2v) is 9.91. The topological polar surface area (TPSA) is 34.1 Å². The van der Waals surface area contributed by atoms with Crippen LogP contribution in [0.4, 0.5) is 0 Å². The van der Waals surface area contributed by atoms with E-state index < -0.39 is 8.80 Å². The van der Waals surface area contributed by atoms with Crippen molar-refractivity contribution in [1.82, 2.24) is 0 Å². The Hall–Kier alpha value is -2.00. The van der Waals surface area contributed by atoms with Crippen LogP contribution >= 0.6 is 0 Å². The molecule has 0 N–H and O–H groups in total. The highest BCUT2D eigenvalue weighted by Crippen LogP contribution is 2.31. The van der Waals surface area contributed by atoms with Crippen LogP contribution in [0, 0.1) is 0 Å². The maximum absolute atomic E-state index is 12.8. The SMILES string of the molecule is CC(C)(C)[SiH](C(=O)c1ccccc1)C(=O)c1ccccc1. The molecule has 0 aliphatic heterocycles. The molecule has 0 radical (unpaired) electrons. The van der Waals surface area contributed by atoms with Gasteiger partial charge in [0.25, 0.3) is 0 Å². The fraction of sp³-hybridized carbons (Fsp3) is 0.222. The Balaban J connectivity index is 2.41. The normalized spacial score (nSPS) is 11.4. The number of rotatable bonds is 4. The Morgan fingerprint density at radius 3 is 1.33 bits per heavy atom. The van der Waals surface area contributed by atoms with Gasteiger partial charge in [0, 0.05) is 11.1 Å². The largest absolute Gasteiger partial charge is 0.300 e. The summed E-state index contributed by atoms with van der Waals surface area (Å²) in [6, 6.07) is 18.3. The van der Waals surface area contributed by atoms with Gasteiger partial charge >= 0.3 is 0 Å². The Morgan fingerprint density at radius 2 is 1.05 bits per heavy atom. The zero-order valence-corrected chi connectivity index (χ0v) is 13.8. The van der Waals surface area contributed by atoms with E-state index in [1.165, 1.54) is 0 Å².